The summed E-state index contributed by atoms with van der Waals surface area (Å²) in [5.74, 6) is -0.975. The summed E-state index contributed by atoms with van der Waals surface area (Å²) in [6.45, 7) is 6.43. The van der Waals surface area contributed by atoms with Gasteiger partial charge in [0.05, 0.1) is 0 Å². The van der Waals surface area contributed by atoms with Gasteiger partial charge in [-0.25, -0.2) is 0 Å². The summed E-state index contributed by atoms with van der Waals surface area (Å²) >= 11 is 0. The van der Waals surface area contributed by atoms with Crippen molar-refractivity contribution in [3.8, 4) is 0 Å². The third-order valence-corrected chi connectivity index (χ3v) is 11.1. The molecule has 6 nitrogen and oxygen atoms in total. The first-order valence-corrected chi connectivity index (χ1v) is 26.7. The summed E-state index contributed by atoms with van der Waals surface area (Å²) in [5.41, 5.74) is 0. The van der Waals surface area contributed by atoms with Crippen molar-refractivity contribution in [2.45, 2.75) is 245 Å². The smallest absolute Gasteiger partial charge is 0.306 e. The molecule has 0 amide bonds. The van der Waals surface area contributed by atoms with Crippen LogP contribution in [0.5, 0.6) is 0 Å². The summed E-state index contributed by atoms with van der Waals surface area (Å²) in [6.07, 6.45) is 69.8. The van der Waals surface area contributed by atoms with Crippen molar-refractivity contribution in [1.82, 2.24) is 0 Å². The van der Waals surface area contributed by atoms with Gasteiger partial charge >= 0.3 is 17.9 Å². The van der Waals surface area contributed by atoms with Gasteiger partial charge in [0, 0.05) is 19.3 Å². The van der Waals surface area contributed by atoms with Crippen LogP contribution in [0, 0.1) is 0 Å². The highest BCUT2D eigenvalue weighted by molar-refractivity contribution is 5.71. The van der Waals surface area contributed by atoms with Crippen LogP contribution in [0.15, 0.2) is 97.2 Å². The summed E-state index contributed by atoms with van der Waals surface area (Å²) in [7, 11) is 0. The summed E-state index contributed by atoms with van der Waals surface area (Å²) in [6, 6.07) is 0. The molecule has 0 fully saturated rings. The van der Waals surface area contributed by atoms with Gasteiger partial charge in [-0.2, -0.15) is 0 Å². The third-order valence-electron chi connectivity index (χ3n) is 11.1. The number of hydrogen-bond acceptors (Lipinski definition) is 6. The van der Waals surface area contributed by atoms with E-state index in [0.717, 1.165) is 103 Å². The highest BCUT2D eigenvalue weighted by Gasteiger charge is 2.19. The molecule has 0 radical (unpaired) electrons. The molecule has 0 rings (SSSR count). The van der Waals surface area contributed by atoms with Crippen molar-refractivity contribution >= 4 is 17.9 Å². The van der Waals surface area contributed by atoms with Crippen LogP contribution in [0.3, 0.4) is 0 Å². The largest absolute Gasteiger partial charge is 0.462 e. The summed E-state index contributed by atoms with van der Waals surface area (Å²) < 4.78 is 16.7. The van der Waals surface area contributed by atoms with E-state index in [0.29, 0.717) is 19.3 Å². The molecule has 0 aromatic heterocycles. The van der Waals surface area contributed by atoms with Gasteiger partial charge in [0.25, 0.3) is 0 Å². The number of hydrogen-bond donors (Lipinski definition) is 0. The average Bonchev–Trinajstić information content (AvgIpc) is 3.30. The minimum atomic E-state index is -0.803. The van der Waals surface area contributed by atoms with E-state index in [1.165, 1.54) is 89.9 Å². The van der Waals surface area contributed by atoms with Crippen LogP contribution in [0.4, 0.5) is 0 Å². The van der Waals surface area contributed by atoms with Crippen molar-refractivity contribution in [2.75, 3.05) is 13.2 Å². The standard InChI is InChI=1S/C59H98O6/c1-4-7-10-13-16-19-21-23-25-27-28-29-30-31-32-33-35-36-38-40-43-46-49-52-58(61)64-55-56(54-63-57(60)51-48-45-42-18-15-12-9-6-3)65-59(62)53-50-47-44-41-39-37-34-26-24-22-20-17-14-11-8-5-2/h7,10,16,19,23,25-26,28-29,31-32,34-36,40,43,56H,4-6,8-9,11-15,17-18,20-22,24,27,30,33,37-39,41-42,44-55H2,1-3H3/b10-7-,19-16-,25-23-,29-28-,32-31-,34-26-,36-35-,43-40-. The zero-order valence-electron chi connectivity index (χ0n) is 42.2. The molecule has 0 aliphatic carbocycles. The Morgan fingerprint density at radius 2 is 0.615 bits per heavy atom. The molecule has 0 bridgehead atoms. The van der Waals surface area contributed by atoms with E-state index in [1.54, 1.807) is 0 Å². The molecule has 370 valence electrons. The summed E-state index contributed by atoms with van der Waals surface area (Å²) in [4.78, 5) is 37.9. The van der Waals surface area contributed by atoms with Gasteiger partial charge in [-0.15, -0.1) is 0 Å². The molecule has 0 saturated heterocycles. The summed E-state index contributed by atoms with van der Waals surface area (Å²) in [5, 5.41) is 0. The predicted molar refractivity (Wildman–Crippen MR) is 279 cm³/mol. The SMILES string of the molecule is CC/C=C\C/C=C\C/C=C\C/C=C\C/C=C\C/C=C\C/C=C\CCCC(=O)OCC(COC(=O)CCCCCCCCCC)OC(=O)CCCCCCC/C=C\CCCCCCCCC. The lowest BCUT2D eigenvalue weighted by atomic mass is 10.1. The molecule has 0 aromatic carbocycles. The number of esters is 3. The van der Waals surface area contributed by atoms with E-state index in [4.69, 9.17) is 14.2 Å². The molecule has 0 saturated carbocycles. The van der Waals surface area contributed by atoms with Gasteiger partial charge in [0.2, 0.25) is 0 Å². The van der Waals surface area contributed by atoms with Crippen LogP contribution < -0.4 is 0 Å². The van der Waals surface area contributed by atoms with Crippen molar-refractivity contribution in [2.24, 2.45) is 0 Å². The molecule has 1 atom stereocenters. The van der Waals surface area contributed by atoms with Crippen molar-refractivity contribution in [3.05, 3.63) is 97.2 Å². The monoisotopic (exact) mass is 903 g/mol. The third kappa shape index (κ3) is 51.2. The van der Waals surface area contributed by atoms with E-state index < -0.39 is 6.10 Å². The molecule has 0 aromatic rings. The lowest BCUT2D eigenvalue weighted by molar-refractivity contribution is -0.167. The maximum absolute atomic E-state index is 12.8. The lowest BCUT2D eigenvalue weighted by Gasteiger charge is -2.18. The fraction of sp³-hybridized carbons (Fsp3) is 0.678. The molecule has 6 heteroatoms. The number of carbonyl (C=O) groups is 3. The second-order valence-electron chi connectivity index (χ2n) is 17.4. The van der Waals surface area contributed by atoms with Gasteiger partial charge in [-0.3, -0.25) is 14.4 Å². The van der Waals surface area contributed by atoms with Crippen LogP contribution >= 0.6 is 0 Å². The lowest BCUT2D eigenvalue weighted by Crippen LogP contribution is -2.30. The Labute approximate surface area is 400 Å². The Balaban J connectivity index is 4.40. The minimum absolute atomic E-state index is 0.0985. The van der Waals surface area contributed by atoms with Crippen molar-refractivity contribution in [1.29, 1.82) is 0 Å². The fourth-order valence-electron chi connectivity index (χ4n) is 7.07. The van der Waals surface area contributed by atoms with Crippen LogP contribution in [0.25, 0.3) is 0 Å². The Bertz CT molecular complexity index is 1310. The van der Waals surface area contributed by atoms with Crippen LogP contribution in [0.2, 0.25) is 0 Å². The first-order chi connectivity index (χ1) is 32.0. The Hall–Kier alpha value is -3.67. The molecule has 65 heavy (non-hydrogen) atoms. The zero-order valence-corrected chi connectivity index (χ0v) is 42.2. The number of carbonyl (C=O) groups excluding carboxylic acids is 3. The van der Waals surface area contributed by atoms with Crippen LogP contribution in [-0.4, -0.2) is 37.2 Å². The van der Waals surface area contributed by atoms with Crippen LogP contribution in [0.1, 0.15) is 239 Å². The molecule has 0 heterocycles. The number of allylic oxidation sites excluding steroid dienone is 16. The van der Waals surface area contributed by atoms with Crippen LogP contribution in [-0.2, 0) is 28.6 Å². The van der Waals surface area contributed by atoms with E-state index in [1.807, 2.05) is 0 Å². The average molecular weight is 903 g/mol. The highest BCUT2D eigenvalue weighted by Crippen LogP contribution is 2.13. The second kappa shape index (κ2) is 52.9. The van der Waals surface area contributed by atoms with Gasteiger partial charge in [-0.05, 0) is 96.3 Å². The topological polar surface area (TPSA) is 78.9 Å². The molecule has 0 aliphatic rings. The van der Waals surface area contributed by atoms with E-state index in [-0.39, 0.29) is 37.5 Å². The predicted octanol–water partition coefficient (Wildman–Crippen LogP) is 17.8. The van der Waals surface area contributed by atoms with Gasteiger partial charge < -0.3 is 14.2 Å². The normalized spacial score (nSPS) is 12.8. The molecular weight excluding hydrogens is 805 g/mol. The van der Waals surface area contributed by atoms with Gasteiger partial charge in [-0.1, -0.05) is 221 Å². The second-order valence-corrected chi connectivity index (χ2v) is 17.4. The molecular formula is C59H98O6. The Morgan fingerprint density at radius 1 is 0.323 bits per heavy atom. The minimum Gasteiger partial charge on any atom is -0.462 e. The number of unbranched alkanes of at least 4 members (excludes halogenated alkanes) is 20. The van der Waals surface area contributed by atoms with E-state index >= 15 is 0 Å². The molecule has 0 N–H and O–H groups in total. The van der Waals surface area contributed by atoms with E-state index in [9.17, 15) is 14.4 Å². The quantitative estimate of drug-likeness (QED) is 0.0262. The first kappa shape index (κ1) is 61.3. The Kier molecular flexibility index (Phi) is 50.0. The van der Waals surface area contributed by atoms with Gasteiger partial charge in [0.1, 0.15) is 13.2 Å². The number of rotatable bonds is 47. The fourth-order valence-corrected chi connectivity index (χ4v) is 7.07. The first-order valence-electron chi connectivity index (χ1n) is 26.7. The van der Waals surface area contributed by atoms with Crippen molar-refractivity contribution < 1.29 is 28.6 Å². The number of ether oxygens (including phenoxy) is 3. The highest BCUT2D eigenvalue weighted by atomic mass is 16.6. The van der Waals surface area contributed by atoms with E-state index in [2.05, 4.69) is 118 Å². The zero-order chi connectivity index (χ0) is 47.2. The molecule has 0 aliphatic heterocycles. The van der Waals surface area contributed by atoms with Crippen molar-refractivity contribution in [3.63, 3.8) is 0 Å². The maximum Gasteiger partial charge on any atom is 0.306 e. The maximum atomic E-state index is 12.8. The molecule has 1 unspecified atom stereocenters. The Morgan fingerprint density at radius 3 is 1.02 bits per heavy atom. The molecule has 0 spiro atoms. The van der Waals surface area contributed by atoms with Gasteiger partial charge in [0.15, 0.2) is 6.10 Å².